The monoisotopic (exact) mass is 378 g/mol. The molecule has 134 valence electrons. The summed E-state index contributed by atoms with van der Waals surface area (Å²) in [6.45, 7) is 0. The molecule has 1 aromatic heterocycles. The number of aromatic nitrogens is 3. The van der Waals surface area contributed by atoms with E-state index < -0.39 is 17.2 Å². The number of hydrogen-bond donors (Lipinski definition) is 2. The number of benzene rings is 2. The molecule has 0 atom stereocenters. The van der Waals surface area contributed by atoms with Gasteiger partial charge in [-0.1, -0.05) is 42.5 Å². The lowest BCUT2D eigenvalue weighted by Crippen LogP contribution is -2.17. The molecule has 9 heteroatoms. The highest BCUT2D eigenvalue weighted by Gasteiger charge is 2.29. The largest absolute Gasteiger partial charge is 0.442 e. The molecule has 0 fully saturated rings. The standard InChI is InChI=1S/C17H13F3N4OS/c18-17(19,20)26-10-14(25)21-13-9-5-4-8-12(13)16-22-15(23-24-16)11-6-2-1-3-7-11/h1-9H,10H2,(H,21,25)(H,22,23,24). The third kappa shape index (κ3) is 4.63. The maximum absolute atomic E-state index is 12.2. The average molecular weight is 378 g/mol. The van der Waals surface area contributed by atoms with Gasteiger partial charge < -0.3 is 5.32 Å². The van der Waals surface area contributed by atoms with Crippen LogP contribution in [0.1, 0.15) is 0 Å². The van der Waals surface area contributed by atoms with Gasteiger partial charge in [0.1, 0.15) is 0 Å². The van der Waals surface area contributed by atoms with Crippen molar-refractivity contribution in [3.63, 3.8) is 0 Å². The molecular weight excluding hydrogens is 365 g/mol. The molecule has 2 aromatic carbocycles. The van der Waals surface area contributed by atoms with Crippen LogP contribution in [-0.2, 0) is 4.79 Å². The fraction of sp³-hybridized carbons (Fsp3) is 0.118. The number of anilines is 1. The molecule has 0 saturated heterocycles. The first-order chi connectivity index (χ1) is 12.4. The summed E-state index contributed by atoms with van der Waals surface area (Å²) in [7, 11) is 0. The summed E-state index contributed by atoms with van der Waals surface area (Å²) >= 11 is -0.384. The lowest BCUT2D eigenvalue weighted by molar-refractivity contribution is -0.114. The van der Waals surface area contributed by atoms with E-state index in [0.29, 0.717) is 22.9 Å². The number of nitrogens with one attached hydrogen (secondary N) is 2. The molecule has 0 radical (unpaired) electrons. The molecule has 1 heterocycles. The number of rotatable bonds is 5. The fourth-order valence-corrected chi connectivity index (χ4v) is 2.60. The molecule has 0 saturated carbocycles. The number of aromatic amines is 1. The van der Waals surface area contributed by atoms with Crippen LogP contribution in [-0.4, -0.2) is 32.3 Å². The Balaban J connectivity index is 1.80. The van der Waals surface area contributed by atoms with Crippen LogP contribution in [0.3, 0.4) is 0 Å². The van der Waals surface area contributed by atoms with Crippen LogP contribution in [0.2, 0.25) is 0 Å². The van der Waals surface area contributed by atoms with Gasteiger partial charge in [0, 0.05) is 11.1 Å². The van der Waals surface area contributed by atoms with Crippen molar-refractivity contribution in [1.29, 1.82) is 0 Å². The minimum absolute atomic E-state index is 0.357. The molecule has 5 nitrogen and oxygen atoms in total. The van der Waals surface area contributed by atoms with E-state index in [-0.39, 0.29) is 11.8 Å². The van der Waals surface area contributed by atoms with E-state index in [0.717, 1.165) is 5.56 Å². The van der Waals surface area contributed by atoms with Crippen molar-refractivity contribution in [2.45, 2.75) is 5.51 Å². The van der Waals surface area contributed by atoms with E-state index in [1.807, 2.05) is 30.3 Å². The second-order valence-corrected chi connectivity index (χ2v) is 6.24. The SMILES string of the molecule is O=C(CSC(F)(F)F)Nc1ccccc1-c1nc(-c2ccccc2)n[nH]1. The Bertz CT molecular complexity index is 896. The Morgan fingerprint density at radius 2 is 1.77 bits per heavy atom. The van der Waals surface area contributed by atoms with E-state index in [2.05, 4.69) is 20.5 Å². The summed E-state index contributed by atoms with van der Waals surface area (Å²) in [5.74, 6) is -0.580. The van der Waals surface area contributed by atoms with Gasteiger partial charge in [0.05, 0.1) is 11.4 Å². The molecule has 3 aromatic rings. The lowest BCUT2D eigenvalue weighted by Gasteiger charge is -2.10. The number of carbonyl (C=O) groups is 1. The zero-order valence-electron chi connectivity index (χ0n) is 13.2. The highest BCUT2D eigenvalue weighted by atomic mass is 32.2. The summed E-state index contributed by atoms with van der Waals surface area (Å²) in [6, 6.07) is 16.0. The smallest absolute Gasteiger partial charge is 0.325 e. The van der Waals surface area contributed by atoms with Gasteiger partial charge in [-0.2, -0.15) is 18.3 Å². The number of amides is 1. The molecule has 26 heavy (non-hydrogen) atoms. The van der Waals surface area contributed by atoms with Gasteiger partial charge in [0.15, 0.2) is 11.6 Å². The Labute approximate surface area is 151 Å². The summed E-state index contributed by atoms with van der Waals surface area (Å²) in [6.07, 6.45) is 0. The Hall–Kier alpha value is -2.81. The van der Waals surface area contributed by atoms with E-state index in [1.54, 1.807) is 24.3 Å². The molecule has 2 N–H and O–H groups in total. The van der Waals surface area contributed by atoms with Gasteiger partial charge in [0.2, 0.25) is 5.91 Å². The number of alkyl halides is 3. The summed E-state index contributed by atoms with van der Waals surface area (Å²) < 4.78 is 36.7. The normalized spacial score (nSPS) is 11.3. The van der Waals surface area contributed by atoms with Crippen molar-refractivity contribution in [3.05, 3.63) is 54.6 Å². The maximum atomic E-state index is 12.2. The third-order valence-corrected chi connectivity index (χ3v) is 4.07. The average Bonchev–Trinajstić information content (AvgIpc) is 3.11. The molecule has 0 aliphatic rings. The predicted octanol–water partition coefficient (Wildman–Crippen LogP) is 4.33. The second-order valence-electron chi connectivity index (χ2n) is 5.20. The van der Waals surface area contributed by atoms with E-state index in [1.165, 1.54) is 0 Å². The zero-order chi connectivity index (χ0) is 18.6. The van der Waals surface area contributed by atoms with Crippen molar-refractivity contribution in [2.24, 2.45) is 0 Å². The van der Waals surface area contributed by atoms with E-state index >= 15 is 0 Å². The highest BCUT2D eigenvalue weighted by molar-refractivity contribution is 8.00. The van der Waals surface area contributed by atoms with Crippen LogP contribution in [0.5, 0.6) is 0 Å². The molecule has 0 unspecified atom stereocenters. The maximum Gasteiger partial charge on any atom is 0.442 e. The molecule has 0 bridgehead atoms. The van der Waals surface area contributed by atoms with Crippen molar-refractivity contribution in [2.75, 3.05) is 11.1 Å². The Morgan fingerprint density at radius 1 is 1.08 bits per heavy atom. The second kappa shape index (κ2) is 7.61. The van der Waals surface area contributed by atoms with Gasteiger partial charge in [0.25, 0.3) is 0 Å². The van der Waals surface area contributed by atoms with Crippen LogP contribution in [0.15, 0.2) is 54.6 Å². The molecule has 0 spiro atoms. The van der Waals surface area contributed by atoms with E-state index in [4.69, 9.17) is 0 Å². The van der Waals surface area contributed by atoms with Crippen LogP contribution in [0.25, 0.3) is 22.8 Å². The third-order valence-electron chi connectivity index (χ3n) is 3.34. The topological polar surface area (TPSA) is 70.7 Å². The molecule has 0 aliphatic carbocycles. The van der Waals surface area contributed by atoms with Gasteiger partial charge >= 0.3 is 5.51 Å². The van der Waals surface area contributed by atoms with Gasteiger partial charge in [-0.25, -0.2) is 4.98 Å². The number of hydrogen-bond acceptors (Lipinski definition) is 4. The van der Waals surface area contributed by atoms with Gasteiger partial charge in [-0.05, 0) is 23.9 Å². The quantitative estimate of drug-likeness (QED) is 0.693. The number of H-pyrrole nitrogens is 1. The first kappa shape index (κ1) is 18.0. The minimum Gasteiger partial charge on any atom is -0.325 e. The number of halogens is 3. The molecular formula is C17H13F3N4OS. The first-order valence-corrected chi connectivity index (χ1v) is 8.49. The molecule has 0 aliphatic heterocycles. The van der Waals surface area contributed by atoms with Crippen molar-refractivity contribution in [1.82, 2.24) is 15.2 Å². The number of para-hydroxylation sites is 1. The predicted molar refractivity (Wildman–Crippen MR) is 94.4 cm³/mol. The summed E-state index contributed by atoms with van der Waals surface area (Å²) in [5, 5.41) is 9.43. The fourth-order valence-electron chi connectivity index (χ4n) is 2.23. The van der Waals surface area contributed by atoms with E-state index in [9.17, 15) is 18.0 Å². The lowest BCUT2D eigenvalue weighted by atomic mass is 10.1. The summed E-state index contributed by atoms with van der Waals surface area (Å²) in [5.41, 5.74) is -2.74. The number of thioether (sulfide) groups is 1. The van der Waals surface area contributed by atoms with Crippen molar-refractivity contribution in [3.8, 4) is 22.8 Å². The van der Waals surface area contributed by atoms with Crippen LogP contribution in [0.4, 0.5) is 18.9 Å². The van der Waals surface area contributed by atoms with Crippen molar-refractivity contribution >= 4 is 23.4 Å². The van der Waals surface area contributed by atoms with Crippen LogP contribution < -0.4 is 5.32 Å². The summed E-state index contributed by atoms with van der Waals surface area (Å²) in [4.78, 5) is 16.2. The van der Waals surface area contributed by atoms with Crippen molar-refractivity contribution < 1.29 is 18.0 Å². The number of nitrogens with zero attached hydrogens (tertiary/aromatic N) is 2. The molecule has 3 rings (SSSR count). The first-order valence-electron chi connectivity index (χ1n) is 7.50. The van der Waals surface area contributed by atoms with Crippen LogP contribution >= 0.6 is 11.8 Å². The minimum atomic E-state index is -4.45. The highest BCUT2D eigenvalue weighted by Crippen LogP contribution is 2.31. The van der Waals surface area contributed by atoms with Gasteiger partial charge in [-0.15, -0.1) is 0 Å². The Morgan fingerprint density at radius 3 is 2.50 bits per heavy atom. The van der Waals surface area contributed by atoms with Crippen LogP contribution in [0, 0.1) is 0 Å². The molecule has 1 amide bonds. The Kier molecular flexibility index (Phi) is 5.27. The van der Waals surface area contributed by atoms with Gasteiger partial charge in [-0.3, -0.25) is 9.89 Å². The zero-order valence-corrected chi connectivity index (χ0v) is 14.1. The number of carbonyl (C=O) groups excluding carboxylic acids is 1.